The van der Waals surface area contributed by atoms with E-state index in [1.165, 1.54) is 12.1 Å². The van der Waals surface area contributed by atoms with Crippen LogP contribution in [-0.4, -0.2) is 12.8 Å². The molecule has 0 saturated carbocycles. The number of benzene rings is 1. The molecular weight excluding hydrogens is 228 g/mol. The number of rotatable bonds is 4. The van der Waals surface area contributed by atoms with Gasteiger partial charge in [0, 0.05) is 24.7 Å². The molecule has 1 aromatic rings. The molecule has 3 nitrogen and oxygen atoms in total. The van der Waals surface area contributed by atoms with E-state index < -0.39 is 6.29 Å². The van der Waals surface area contributed by atoms with E-state index in [4.69, 9.17) is 6.42 Å². The molecule has 0 aliphatic carbocycles. The zero-order valence-corrected chi connectivity index (χ0v) is 9.00. The molecule has 0 saturated heterocycles. The molecule has 0 spiro atoms. The van der Waals surface area contributed by atoms with Crippen LogP contribution in [0.3, 0.4) is 0 Å². The van der Waals surface area contributed by atoms with Gasteiger partial charge in [-0.05, 0) is 18.6 Å². The lowest BCUT2D eigenvalue weighted by Gasteiger charge is -2.05. The lowest BCUT2D eigenvalue weighted by molar-refractivity contribution is -0.286. The maximum atomic E-state index is 12.7. The average Bonchev–Trinajstić information content (AvgIpc) is 2.57. The normalized spacial score (nSPS) is 15.4. The van der Waals surface area contributed by atoms with E-state index in [1.807, 2.05) is 0 Å². The van der Waals surface area contributed by atoms with E-state index in [2.05, 4.69) is 20.7 Å². The highest BCUT2D eigenvalue weighted by atomic mass is 19.3. The second-order valence-electron chi connectivity index (χ2n) is 3.56. The van der Waals surface area contributed by atoms with Crippen molar-refractivity contribution < 1.29 is 18.3 Å². The second-order valence-corrected chi connectivity index (χ2v) is 3.56. The van der Waals surface area contributed by atoms with Crippen LogP contribution in [0, 0.1) is 12.3 Å². The van der Waals surface area contributed by atoms with Crippen molar-refractivity contribution in [2.75, 3.05) is 11.9 Å². The molecule has 0 amide bonds. The molecular formula is C12H11F2NO2. The number of fused-ring (bicyclic) bond motifs is 1. The molecule has 1 aliphatic rings. The largest absolute Gasteiger partial charge is 0.586 e. The molecule has 1 aliphatic heterocycles. The number of alkyl halides is 2. The van der Waals surface area contributed by atoms with Crippen LogP contribution in [0.1, 0.15) is 12.8 Å². The molecule has 5 heteroatoms. The molecule has 90 valence electrons. The van der Waals surface area contributed by atoms with Gasteiger partial charge in [-0.1, -0.05) is 0 Å². The van der Waals surface area contributed by atoms with Crippen molar-refractivity contribution >= 4 is 5.69 Å². The highest BCUT2D eigenvalue weighted by Crippen LogP contribution is 2.42. The van der Waals surface area contributed by atoms with Crippen molar-refractivity contribution in [1.29, 1.82) is 0 Å². The van der Waals surface area contributed by atoms with E-state index in [-0.39, 0.29) is 11.5 Å². The van der Waals surface area contributed by atoms with Crippen LogP contribution >= 0.6 is 0 Å². The number of terminal acetylenes is 1. The van der Waals surface area contributed by atoms with Gasteiger partial charge in [-0.15, -0.1) is 21.1 Å². The van der Waals surface area contributed by atoms with Crippen LogP contribution in [0.5, 0.6) is 11.5 Å². The van der Waals surface area contributed by atoms with Crippen molar-refractivity contribution in [1.82, 2.24) is 0 Å². The van der Waals surface area contributed by atoms with Crippen LogP contribution < -0.4 is 14.8 Å². The summed E-state index contributed by atoms with van der Waals surface area (Å²) < 4.78 is 34.1. The first-order valence-electron chi connectivity index (χ1n) is 5.18. The zero-order chi connectivity index (χ0) is 12.3. The molecule has 0 aromatic heterocycles. The number of halogens is 2. The van der Waals surface area contributed by atoms with Gasteiger partial charge in [0.15, 0.2) is 11.5 Å². The van der Waals surface area contributed by atoms with Gasteiger partial charge in [0.05, 0.1) is 0 Å². The van der Waals surface area contributed by atoms with Gasteiger partial charge in [-0.3, -0.25) is 0 Å². The third-order valence-electron chi connectivity index (χ3n) is 2.23. The molecule has 0 atom stereocenters. The Hall–Kier alpha value is -1.96. The monoisotopic (exact) mass is 239 g/mol. The van der Waals surface area contributed by atoms with Gasteiger partial charge < -0.3 is 14.8 Å². The summed E-state index contributed by atoms with van der Waals surface area (Å²) in [6, 6.07) is 4.57. The Bertz CT molecular complexity index is 454. The predicted molar refractivity (Wildman–Crippen MR) is 59.2 cm³/mol. The summed E-state index contributed by atoms with van der Waals surface area (Å²) in [6.07, 6.45) is 3.05. The Kier molecular flexibility index (Phi) is 3.05. The summed E-state index contributed by atoms with van der Waals surface area (Å²) in [7, 11) is 0. The first kappa shape index (κ1) is 11.5. The summed E-state index contributed by atoms with van der Waals surface area (Å²) in [5.74, 6) is 2.61. The van der Waals surface area contributed by atoms with Gasteiger partial charge >= 0.3 is 6.29 Å². The van der Waals surface area contributed by atoms with Crippen molar-refractivity contribution in [3.63, 3.8) is 0 Å². The van der Waals surface area contributed by atoms with Gasteiger partial charge in [0.25, 0.3) is 0 Å². The lowest BCUT2D eigenvalue weighted by atomic mass is 10.2. The van der Waals surface area contributed by atoms with E-state index in [9.17, 15) is 8.78 Å². The quantitative estimate of drug-likeness (QED) is 0.647. The molecule has 1 aromatic carbocycles. The van der Waals surface area contributed by atoms with Crippen molar-refractivity contribution in [3.05, 3.63) is 18.2 Å². The molecule has 0 unspecified atom stereocenters. The minimum Gasteiger partial charge on any atom is -0.395 e. The Morgan fingerprint density at radius 3 is 2.82 bits per heavy atom. The molecule has 0 fully saturated rings. The van der Waals surface area contributed by atoms with Crippen LogP contribution in [0.4, 0.5) is 14.5 Å². The summed E-state index contributed by atoms with van der Waals surface area (Å²) in [5.41, 5.74) is 0.696. The molecule has 2 rings (SSSR count). The van der Waals surface area contributed by atoms with Gasteiger partial charge in [0.2, 0.25) is 0 Å². The summed E-state index contributed by atoms with van der Waals surface area (Å²) in [5, 5.41) is 3.06. The smallest absolute Gasteiger partial charge is 0.395 e. The minimum absolute atomic E-state index is 0.0388. The highest BCUT2D eigenvalue weighted by Gasteiger charge is 2.43. The molecule has 0 bridgehead atoms. The Balaban J connectivity index is 1.97. The minimum atomic E-state index is -3.57. The maximum absolute atomic E-state index is 12.7. The number of ether oxygens (including phenoxy) is 2. The van der Waals surface area contributed by atoms with Crippen molar-refractivity contribution in [2.45, 2.75) is 19.1 Å². The Morgan fingerprint density at radius 2 is 2.06 bits per heavy atom. The number of nitrogens with one attached hydrogen (secondary N) is 1. The van der Waals surface area contributed by atoms with Gasteiger partial charge in [-0.2, -0.15) is 0 Å². The fraction of sp³-hybridized carbons (Fsp3) is 0.333. The summed E-state index contributed by atoms with van der Waals surface area (Å²) in [6.45, 7) is 0.681. The van der Waals surface area contributed by atoms with Crippen LogP contribution in [-0.2, 0) is 0 Å². The number of unbranched alkanes of at least 4 members (excludes halogenated alkanes) is 1. The van der Waals surface area contributed by atoms with E-state index in [0.29, 0.717) is 18.7 Å². The van der Waals surface area contributed by atoms with Crippen LogP contribution in [0.2, 0.25) is 0 Å². The maximum Gasteiger partial charge on any atom is 0.586 e. The summed E-state index contributed by atoms with van der Waals surface area (Å²) >= 11 is 0. The number of anilines is 1. The lowest BCUT2D eigenvalue weighted by Crippen LogP contribution is -2.25. The molecule has 0 radical (unpaired) electrons. The molecule has 1 heterocycles. The summed E-state index contributed by atoms with van der Waals surface area (Å²) in [4.78, 5) is 0. The Morgan fingerprint density at radius 1 is 1.29 bits per heavy atom. The molecule has 1 N–H and O–H groups in total. The first-order chi connectivity index (χ1) is 8.11. The van der Waals surface area contributed by atoms with Crippen LogP contribution in [0.15, 0.2) is 18.2 Å². The van der Waals surface area contributed by atoms with Gasteiger partial charge in [-0.25, -0.2) is 0 Å². The number of hydrogen-bond acceptors (Lipinski definition) is 3. The third-order valence-corrected chi connectivity index (χ3v) is 2.23. The number of hydrogen-bond donors (Lipinski definition) is 1. The van der Waals surface area contributed by atoms with E-state index in [1.54, 1.807) is 6.07 Å². The fourth-order valence-corrected chi connectivity index (χ4v) is 1.48. The fourth-order valence-electron chi connectivity index (χ4n) is 1.48. The topological polar surface area (TPSA) is 30.5 Å². The average molecular weight is 239 g/mol. The highest BCUT2D eigenvalue weighted by molar-refractivity contribution is 5.55. The second kappa shape index (κ2) is 4.50. The van der Waals surface area contributed by atoms with E-state index in [0.717, 1.165) is 6.42 Å². The zero-order valence-electron chi connectivity index (χ0n) is 9.00. The first-order valence-corrected chi connectivity index (χ1v) is 5.18. The van der Waals surface area contributed by atoms with Crippen molar-refractivity contribution in [3.8, 4) is 23.8 Å². The Labute approximate surface area is 97.7 Å². The standard InChI is InChI=1S/C12H11F2NO2/c1-2-3-4-7-15-9-5-6-10-11(8-9)17-12(13,14)16-10/h1,5-6,8,15H,3-4,7H2. The predicted octanol–water partition coefficient (Wildman–Crippen LogP) is 2.83. The molecule has 17 heavy (non-hydrogen) atoms. The SMILES string of the molecule is C#CCCCNc1ccc2c(c1)OC(F)(F)O2. The van der Waals surface area contributed by atoms with Crippen LogP contribution in [0.25, 0.3) is 0 Å². The van der Waals surface area contributed by atoms with Gasteiger partial charge in [0.1, 0.15) is 0 Å². The third kappa shape index (κ3) is 2.78. The van der Waals surface area contributed by atoms with Crippen molar-refractivity contribution in [2.24, 2.45) is 0 Å². The van der Waals surface area contributed by atoms with E-state index >= 15 is 0 Å².